The van der Waals surface area contributed by atoms with Gasteiger partial charge in [0.05, 0.1) is 11.6 Å². The number of amides is 1. The van der Waals surface area contributed by atoms with E-state index in [4.69, 9.17) is 10.4 Å². The van der Waals surface area contributed by atoms with Crippen molar-refractivity contribution in [1.29, 1.82) is 5.26 Å². The van der Waals surface area contributed by atoms with Gasteiger partial charge in [-0.25, -0.2) is 4.79 Å². The van der Waals surface area contributed by atoms with Crippen LogP contribution in [0.4, 0.5) is 0 Å². The maximum atomic E-state index is 11.9. The lowest BCUT2D eigenvalue weighted by molar-refractivity contribution is -0.142. The molecule has 0 saturated heterocycles. The first-order valence-corrected chi connectivity index (χ1v) is 5.79. The van der Waals surface area contributed by atoms with Gasteiger partial charge in [-0.05, 0) is 29.7 Å². The highest BCUT2D eigenvalue weighted by Gasteiger charge is 2.32. The van der Waals surface area contributed by atoms with E-state index in [1.807, 2.05) is 6.07 Å². The Morgan fingerprint density at radius 3 is 2.16 bits per heavy atom. The molecule has 19 heavy (non-hydrogen) atoms. The minimum absolute atomic E-state index is 0.328. The average Bonchev–Trinajstić information content (AvgIpc) is 2.34. The molecule has 2 N–H and O–H groups in total. The third-order valence-electron chi connectivity index (χ3n) is 2.66. The Kier molecular flexibility index (Phi) is 4.28. The second-order valence-corrected chi connectivity index (χ2v) is 5.30. The highest BCUT2D eigenvalue weighted by Crippen LogP contribution is 2.20. The summed E-state index contributed by atoms with van der Waals surface area (Å²) in [5.41, 5.74) is 0.185. The highest BCUT2D eigenvalue weighted by molar-refractivity contribution is 5.96. The van der Waals surface area contributed by atoms with Crippen molar-refractivity contribution in [2.45, 2.75) is 26.8 Å². The number of nitriles is 1. The molecule has 5 heteroatoms. The summed E-state index contributed by atoms with van der Waals surface area (Å²) < 4.78 is 0. The molecule has 1 aromatic carbocycles. The fraction of sp³-hybridized carbons (Fsp3) is 0.357. The van der Waals surface area contributed by atoms with Crippen LogP contribution in [0.15, 0.2) is 24.3 Å². The van der Waals surface area contributed by atoms with Crippen molar-refractivity contribution >= 4 is 11.9 Å². The molecule has 1 aromatic rings. The molecule has 1 amide bonds. The minimum Gasteiger partial charge on any atom is -0.480 e. The molecular weight excluding hydrogens is 244 g/mol. The molecule has 1 atom stereocenters. The van der Waals surface area contributed by atoms with Gasteiger partial charge in [0, 0.05) is 5.56 Å². The number of carboxylic acids is 1. The summed E-state index contributed by atoms with van der Waals surface area (Å²) in [5.74, 6) is -1.54. The van der Waals surface area contributed by atoms with E-state index in [1.54, 1.807) is 20.8 Å². The van der Waals surface area contributed by atoms with Crippen molar-refractivity contribution < 1.29 is 14.7 Å². The normalized spacial score (nSPS) is 12.3. The average molecular weight is 260 g/mol. The SMILES string of the molecule is CC(C)(C)[C@@H](NC(=O)c1ccc(C#N)cc1)C(=O)O. The van der Waals surface area contributed by atoms with Gasteiger partial charge in [-0.2, -0.15) is 5.26 Å². The lowest BCUT2D eigenvalue weighted by Crippen LogP contribution is -2.49. The lowest BCUT2D eigenvalue weighted by Gasteiger charge is -2.27. The second-order valence-electron chi connectivity index (χ2n) is 5.30. The Morgan fingerprint density at radius 2 is 1.79 bits per heavy atom. The van der Waals surface area contributed by atoms with Crippen molar-refractivity contribution in [3.05, 3.63) is 35.4 Å². The summed E-state index contributed by atoms with van der Waals surface area (Å²) in [7, 11) is 0. The number of nitrogens with one attached hydrogen (secondary N) is 1. The van der Waals surface area contributed by atoms with E-state index in [1.165, 1.54) is 24.3 Å². The van der Waals surface area contributed by atoms with Gasteiger partial charge in [0.25, 0.3) is 5.91 Å². The quantitative estimate of drug-likeness (QED) is 0.866. The first-order valence-electron chi connectivity index (χ1n) is 5.79. The molecular formula is C14H16N2O3. The van der Waals surface area contributed by atoms with E-state index in [9.17, 15) is 9.59 Å². The van der Waals surface area contributed by atoms with Crippen LogP contribution < -0.4 is 5.32 Å². The third-order valence-corrected chi connectivity index (χ3v) is 2.66. The number of aliphatic carboxylic acids is 1. The zero-order valence-electron chi connectivity index (χ0n) is 11.1. The predicted octanol–water partition coefficient (Wildman–Crippen LogP) is 1.79. The Balaban J connectivity index is 2.88. The number of nitrogens with zero attached hydrogens (tertiary/aromatic N) is 1. The monoisotopic (exact) mass is 260 g/mol. The maximum absolute atomic E-state index is 11.9. The maximum Gasteiger partial charge on any atom is 0.326 e. The van der Waals surface area contributed by atoms with Crippen LogP contribution in [-0.2, 0) is 4.79 Å². The second kappa shape index (κ2) is 5.53. The number of carbonyl (C=O) groups is 2. The van der Waals surface area contributed by atoms with E-state index < -0.39 is 23.3 Å². The number of rotatable bonds is 3. The molecule has 0 unspecified atom stereocenters. The van der Waals surface area contributed by atoms with Crippen LogP contribution in [-0.4, -0.2) is 23.0 Å². The van der Waals surface area contributed by atoms with Crippen molar-refractivity contribution in [1.82, 2.24) is 5.32 Å². The largest absolute Gasteiger partial charge is 0.480 e. The van der Waals surface area contributed by atoms with Crippen LogP contribution in [0, 0.1) is 16.7 Å². The molecule has 0 spiro atoms. The van der Waals surface area contributed by atoms with Gasteiger partial charge >= 0.3 is 5.97 Å². The zero-order chi connectivity index (χ0) is 14.6. The van der Waals surface area contributed by atoms with Gasteiger partial charge in [-0.15, -0.1) is 0 Å². The summed E-state index contributed by atoms with van der Waals surface area (Å²) in [6.07, 6.45) is 0. The predicted molar refractivity (Wildman–Crippen MR) is 69.5 cm³/mol. The zero-order valence-corrected chi connectivity index (χ0v) is 11.1. The molecule has 0 fully saturated rings. The number of carbonyl (C=O) groups excluding carboxylic acids is 1. The minimum atomic E-state index is -1.07. The molecule has 0 aliphatic rings. The Hall–Kier alpha value is -2.35. The Bertz CT molecular complexity index is 521. The summed E-state index contributed by atoms with van der Waals surface area (Å²) in [5, 5.41) is 20.3. The molecule has 0 aliphatic carbocycles. The van der Waals surface area contributed by atoms with Gasteiger partial charge in [0.1, 0.15) is 6.04 Å². The van der Waals surface area contributed by atoms with Crippen LogP contribution in [0.25, 0.3) is 0 Å². The lowest BCUT2D eigenvalue weighted by atomic mass is 9.86. The van der Waals surface area contributed by atoms with Gasteiger partial charge in [0.15, 0.2) is 0 Å². The Labute approximate surface area is 111 Å². The summed E-state index contributed by atoms with van der Waals surface area (Å²) in [6.45, 7) is 5.22. The molecule has 0 aromatic heterocycles. The van der Waals surface area contributed by atoms with E-state index in [2.05, 4.69) is 5.32 Å². The molecule has 100 valence electrons. The summed E-state index contributed by atoms with van der Waals surface area (Å²) in [4.78, 5) is 23.1. The number of hydrogen-bond acceptors (Lipinski definition) is 3. The van der Waals surface area contributed by atoms with Crippen LogP contribution in [0.5, 0.6) is 0 Å². The van der Waals surface area contributed by atoms with E-state index in [0.717, 1.165) is 0 Å². The fourth-order valence-electron chi connectivity index (χ4n) is 1.56. The molecule has 0 bridgehead atoms. The molecule has 0 heterocycles. The number of benzene rings is 1. The smallest absolute Gasteiger partial charge is 0.326 e. The molecule has 0 radical (unpaired) electrons. The van der Waals surface area contributed by atoms with Crippen LogP contribution in [0.1, 0.15) is 36.7 Å². The van der Waals surface area contributed by atoms with E-state index >= 15 is 0 Å². The van der Waals surface area contributed by atoms with Gasteiger partial charge in [-0.1, -0.05) is 20.8 Å². The topological polar surface area (TPSA) is 90.2 Å². The fourth-order valence-corrected chi connectivity index (χ4v) is 1.56. The van der Waals surface area contributed by atoms with Crippen molar-refractivity contribution in [3.63, 3.8) is 0 Å². The van der Waals surface area contributed by atoms with Crippen molar-refractivity contribution in [3.8, 4) is 6.07 Å². The summed E-state index contributed by atoms with van der Waals surface area (Å²) >= 11 is 0. The first-order chi connectivity index (χ1) is 8.75. The summed E-state index contributed by atoms with van der Waals surface area (Å²) in [6, 6.07) is 7.00. The number of carboxylic acid groups (broad SMARTS) is 1. The van der Waals surface area contributed by atoms with Gasteiger partial charge in [-0.3, -0.25) is 4.79 Å². The molecule has 1 rings (SSSR count). The molecule has 5 nitrogen and oxygen atoms in total. The van der Waals surface area contributed by atoms with Crippen molar-refractivity contribution in [2.24, 2.45) is 5.41 Å². The van der Waals surface area contributed by atoms with E-state index in [0.29, 0.717) is 11.1 Å². The standard InChI is InChI=1S/C14H16N2O3/c1-14(2,3)11(13(18)19)16-12(17)10-6-4-9(8-15)5-7-10/h4-7,11H,1-3H3,(H,16,17)(H,18,19)/t11-/m0/s1. The van der Waals surface area contributed by atoms with Gasteiger partial charge in [0.2, 0.25) is 0 Å². The van der Waals surface area contributed by atoms with Crippen LogP contribution in [0.3, 0.4) is 0 Å². The van der Waals surface area contributed by atoms with Gasteiger partial charge < -0.3 is 10.4 Å². The van der Waals surface area contributed by atoms with E-state index in [-0.39, 0.29) is 0 Å². The highest BCUT2D eigenvalue weighted by atomic mass is 16.4. The van der Waals surface area contributed by atoms with Crippen LogP contribution in [0.2, 0.25) is 0 Å². The first kappa shape index (κ1) is 14.7. The Morgan fingerprint density at radius 1 is 1.26 bits per heavy atom. The molecule has 0 saturated carbocycles. The third kappa shape index (κ3) is 3.81. The molecule has 0 aliphatic heterocycles. The number of hydrogen-bond donors (Lipinski definition) is 2. The van der Waals surface area contributed by atoms with Crippen LogP contribution >= 0.6 is 0 Å². The van der Waals surface area contributed by atoms with Crippen molar-refractivity contribution in [2.75, 3.05) is 0 Å².